The van der Waals surface area contributed by atoms with Crippen molar-refractivity contribution in [3.8, 4) is 0 Å². The van der Waals surface area contributed by atoms with Gasteiger partial charge < -0.3 is 37.3 Å². The topological polar surface area (TPSA) is 235 Å². The summed E-state index contributed by atoms with van der Waals surface area (Å²) >= 11 is 0. The molecule has 0 spiro atoms. The number of benzene rings is 1. The third kappa shape index (κ3) is 6.72. The van der Waals surface area contributed by atoms with Crippen LogP contribution in [0.5, 0.6) is 0 Å². The highest BCUT2D eigenvalue weighted by Gasteiger charge is 2.72. The molecule has 0 aromatic heterocycles. The maximum Gasteiger partial charge on any atom is 0.412 e. The number of hydrogen-bond donors (Lipinski definition) is 4. The van der Waals surface area contributed by atoms with Gasteiger partial charge in [0.2, 0.25) is 22.9 Å². The zero-order valence-electron chi connectivity index (χ0n) is 40.3. The number of nitrogens with two attached hydrogens (primary N) is 4. The Hall–Kier alpha value is -5.80. The molecule has 3 heterocycles. The number of fused-ring (bicyclic) bond motifs is 4. The average Bonchev–Trinajstić information content (AvgIpc) is 4.11. The Morgan fingerprint density at radius 1 is 0.612 bits per heavy atom. The molecule has 1 aromatic carbocycles. The first-order valence-electron chi connectivity index (χ1n) is 23.6. The van der Waals surface area contributed by atoms with Gasteiger partial charge in [-0.25, -0.2) is 19.2 Å². The van der Waals surface area contributed by atoms with Crippen molar-refractivity contribution in [2.45, 2.75) is 135 Å². The molecule has 4 amide bonds. The molecule has 8 rings (SSSR count). The summed E-state index contributed by atoms with van der Waals surface area (Å²) in [6.07, 6.45) is 15.8. The maximum absolute atomic E-state index is 15.0. The fraction of sp³-hybridized carbons (Fsp3) is 0.538. The van der Waals surface area contributed by atoms with Crippen molar-refractivity contribution in [3.05, 3.63) is 101 Å². The van der Waals surface area contributed by atoms with Crippen LogP contribution in [0.1, 0.15) is 100.0 Å². The van der Waals surface area contributed by atoms with E-state index in [0.29, 0.717) is 32.1 Å². The minimum atomic E-state index is -2.20. The SMILES string of the molecule is CC1CC(C2CCCN2[C@@](C(N)=O)(C(=O)OC(N)=O)C(C)(C)C2C3=CC=C2C=C3)N(c2ccc(C(C)(C)C)cc2)[C@]1(C)C1CCCN1[C@@](C(N)=O)(C(=O)OC(N)=O)C(C)(C)C1C2=CC=C1C=C2. The molecule has 67 heavy (non-hydrogen) atoms. The van der Waals surface area contributed by atoms with E-state index in [-0.39, 0.29) is 24.4 Å². The summed E-state index contributed by atoms with van der Waals surface area (Å²) in [5, 5.41) is 0. The number of carbonyl (C=O) groups is 6. The zero-order valence-corrected chi connectivity index (χ0v) is 40.3. The van der Waals surface area contributed by atoms with Crippen molar-refractivity contribution in [2.24, 2.45) is 51.5 Å². The number of rotatable bonds is 13. The summed E-state index contributed by atoms with van der Waals surface area (Å²) < 4.78 is 10.6. The molecule has 7 aliphatic rings. The van der Waals surface area contributed by atoms with Crippen LogP contribution in [0.25, 0.3) is 0 Å². The number of nitrogens with zero attached hydrogens (tertiary/aromatic N) is 3. The molecule has 4 unspecified atom stereocenters. The number of likely N-dealkylation sites (tertiary alicyclic amines) is 2. The standard InChI is InChI=1S/C52H67N7O8/c1-29-28-37(36-12-10-26-57(36)51(41(53)60,43(62)66-45(55)64)48(5,6)39-30-14-15-31(39)17-16-30)59(35-24-22-34(23-25-35)47(2,3)4)50(29,9)38-13-11-27-58(38)52(42(54)61,44(63)67-46(56)65)49(7,8)40-32-18-19-33(40)21-20-32/h14-25,29,36-40H,10-13,26-28H2,1-9H3,(H2,53,60)(H2,54,61)(H2,55,64)(H2,56,65)/t29?,36?,37?,38?,50-,51-,52-/m0/s1. The van der Waals surface area contributed by atoms with E-state index in [2.05, 4.69) is 63.8 Å². The maximum atomic E-state index is 15.0. The lowest BCUT2D eigenvalue weighted by molar-refractivity contribution is -0.173. The Morgan fingerprint density at radius 2 is 1.03 bits per heavy atom. The van der Waals surface area contributed by atoms with Crippen LogP contribution < -0.4 is 27.8 Å². The highest BCUT2D eigenvalue weighted by Crippen LogP contribution is 2.60. The molecule has 15 nitrogen and oxygen atoms in total. The number of hydrogen-bond acceptors (Lipinski definition) is 11. The van der Waals surface area contributed by atoms with Gasteiger partial charge in [-0.1, -0.05) is 116 Å². The second kappa shape index (κ2) is 16.2. The predicted octanol–water partition coefficient (Wildman–Crippen LogP) is 5.74. The first-order chi connectivity index (χ1) is 31.3. The van der Waals surface area contributed by atoms with Crippen LogP contribution in [0.4, 0.5) is 15.3 Å². The van der Waals surface area contributed by atoms with E-state index >= 15 is 0 Å². The zero-order chi connectivity index (χ0) is 49.0. The van der Waals surface area contributed by atoms with Crippen molar-refractivity contribution < 1.29 is 38.2 Å². The lowest BCUT2D eigenvalue weighted by atomic mass is 9.60. The van der Waals surface area contributed by atoms with Gasteiger partial charge in [-0.05, 0) is 90.3 Å². The van der Waals surface area contributed by atoms with Gasteiger partial charge in [0.15, 0.2) is 0 Å². The molecule has 4 bridgehead atoms. The van der Waals surface area contributed by atoms with E-state index in [1.807, 2.05) is 86.1 Å². The Labute approximate surface area is 393 Å². The number of ether oxygens (including phenoxy) is 2. The summed E-state index contributed by atoms with van der Waals surface area (Å²) in [5.41, 5.74) is 21.9. The van der Waals surface area contributed by atoms with Gasteiger partial charge in [0.05, 0.1) is 5.54 Å². The summed E-state index contributed by atoms with van der Waals surface area (Å²) in [4.78, 5) is 90.5. The molecule has 1 aromatic rings. The van der Waals surface area contributed by atoms with E-state index in [9.17, 15) is 28.8 Å². The van der Waals surface area contributed by atoms with E-state index in [1.54, 1.807) is 0 Å². The lowest BCUT2D eigenvalue weighted by Gasteiger charge is -2.57. The minimum absolute atomic E-state index is 0.177. The molecule has 4 aliphatic carbocycles. The lowest BCUT2D eigenvalue weighted by Crippen LogP contribution is -2.77. The predicted molar refractivity (Wildman–Crippen MR) is 253 cm³/mol. The third-order valence-electron chi connectivity index (χ3n) is 17.2. The highest BCUT2D eigenvalue weighted by atomic mass is 16.6. The number of allylic oxidation sites excluding steroid dienone is 12. The minimum Gasteiger partial charge on any atom is -0.375 e. The first kappa shape index (κ1) is 47.7. The van der Waals surface area contributed by atoms with Gasteiger partial charge in [0, 0.05) is 59.6 Å². The van der Waals surface area contributed by atoms with Crippen LogP contribution in [0.2, 0.25) is 0 Å². The summed E-state index contributed by atoms with van der Waals surface area (Å²) in [7, 11) is 0. The quantitative estimate of drug-likeness (QED) is 0.138. The first-order valence-corrected chi connectivity index (χ1v) is 23.6. The van der Waals surface area contributed by atoms with Gasteiger partial charge in [0.1, 0.15) is 0 Å². The van der Waals surface area contributed by atoms with Crippen molar-refractivity contribution in [3.63, 3.8) is 0 Å². The second-order valence-electron chi connectivity index (χ2n) is 22.1. The molecule has 7 atom stereocenters. The molecule has 3 saturated heterocycles. The number of carbonyl (C=O) groups excluding carboxylic acids is 6. The van der Waals surface area contributed by atoms with Crippen molar-refractivity contribution in [1.82, 2.24) is 9.80 Å². The summed E-state index contributed by atoms with van der Waals surface area (Å²) in [5.74, 6) is -5.21. The van der Waals surface area contributed by atoms with Crippen molar-refractivity contribution in [1.29, 1.82) is 0 Å². The molecule has 3 aliphatic heterocycles. The molecule has 0 radical (unpaired) electrons. The fourth-order valence-electron chi connectivity index (χ4n) is 14.3. The van der Waals surface area contributed by atoms with Crippen LogP contribution >= 0.6 is 0 Å². The normalized spacial score (nSPS) is 28.2. The van der Waals surface area contributed by atoms with Crippen LogP contribution in [0.15, 0.2) is 95.2 Å². The van der Waals surface area contributed by atoms with Crippen molar-refractivity contribution >= 4 is 41.6 Å². The number of amides is 4. The van der Waals surface area contributed by atoms with Gasteiger partial charge >= 0.3 is 24.1 Å². The Morgan fingerprint density at radius 3 is 1.43 bits per heavy atom. The van der Waals surface area contributed by atoms with E-state index in [4.69, 9.17) is 32.4 Å². The third-order valence-corrected chi connectivity index (χ3v) is 17.2. The van der Waals surface area contributed by atoms with Gasteiger partial charge in [-0.2, -0.15) is 0 Å². The van der Waals surface area contributed by atoms with Gasteiger partial charge in [-0.3, -0.25) is 19.4 Å². The smallest absolute Gasteiger partial charge is 0.375 e. The van der Waals surface area contributed by atoms with E-state index in [1.165, 1.54) is 0 Å². The Balaban J connectivity index is 1.32. The fourth-order valence-corrected chi connectivity index (χ4v) is 14.3. The monoisotopic (exact) mass is 918 g/mol. The Bertz CT molecular complexity index is 2470. The molecule has 8 N–H and O–H groups in total. The summed E-state index contributed by atoms with van der Waals surface area (Å²) in [6.45, 7) is 18.6. The van der Waals surface area contributed by atoms with Gasteiger partial charge in [0.25, 0.3) is 0 Å². The molecular weight excluding hydrogens is 851 g/mol. The van der Waals surface area contributed by atoms with E-state index < -0.39 is 93.3 Å². The molecular formula is C52H67N7O8. The van der Waals surface area contributed by atoms with Gasteiger partial charge in [-0.15, -0.1) is 0 Å². The molecule has 0 saturated carbocycles. The largest absolute Gasteiger partial charge is 0.412 e. The highest BCUT2D eigenvalue weighted by molar-refractivity contribution is 6.11. The molecule has 15 heteroatoms. The van der Waals surface area contributed by atoms with Crippen LogP contribution in [-0.4, -0.2) is 93.6 Å². The van der Waals surface area contributed by atoms with Crippen LogP contribution in [0.3, 0.4) is 0 Å². The average molecular weight is 918 g/mol. The molecule has 358 valence electrons. The second-order valence-corrected chi connectivity index (χ2v) is 22.1. The number of esters is 2. The van der Waals surface area contributed by atoms with Crippen molar-refractivity contribution in [2.75, 3.05) is 18.0 Å². The summed E-state index contributed by atoms with van der Waals surface area (Å²) in [6, 6.07) is 6.86. The van der Waals surface area contributed by atoms with Crippen LogP contribution in [0, 0.1) is 28.6 Å². The molecule has 3 fully saturated rings. The number of anilines is 1. The van der Waals surface area contributed by atoms with Crippen LogP contribution in [-0.2, 0) is 34.1 Å². The number of primary amides is 4. The Kier molecular flexibility index (Phi) is 11.5. The van der Waals surface area contributed by atoms with E-state index in [0.717, 1.165) is 33.5 Å².